The summed E-state index contributed by atoms with van der Waals surface area (Å²) >= 11 is 0. The second kappa shape index (κ2) is 25.4. The number of ether oxygens (including phenoxy) is 7. The van der Waals surface area contributed by atoms with Crippen molar-refractivity contribution in [2.45, 2.75) is 57.8 Å². The Morgan fingerprint density at radius 2 is 1.20 bits per heavy atom. The third-order valence-corrected chi connectivity index (χ3v) is 7.93. The molecule has 0 aliphatic carbocycles. The van der Waals surface area contributed by atoms with Crippen LogP contribution in [0.2, 0.25) is 0 Å². The second-order valence-corrected chi connectivity index (χ2v) is 11.8. The number of nitrogens with zero attached hydrogens (tertiary/aromatic N) is 1. The molecule has 1 aliphatic heterocycles. The molecule has 3 rings (SSSR count). The van der Waals surface area contributed by atoms with Crippen molar-refractivity contribution in [1.29, 1.82) is 0 Å². The van der Waals surface area contributed by atoms with Gasteiger partial charge in [-0.3, -0.25) is 9.69 Å². The van der Waals surface area contributed by atoms with Crippen molar-refractivity contribution in [2.75, 3.05) is 85.7 Å². The standard InChI is InChI=1S/C38H53F2NO9/c1-2-36(42)48-20-8-5-6-10-22-50-38-34(39)29-32(30-35(38)40)31-11-13-33(14-12-31)47-19-7-3-4-9-21-49-37(43)15-16-41-17-23-44-25-27-46-28-26-45-24-18-41/h2,11-14,29-30H,1,3-10,15-28H2. The van der Waals surface area contributed by atoms with Gasteiger partial charge in [0.05, 0.1) is 72.5 Å². The number of halogens is 2. The minimum absolute atomic E-state index is 0.184. The molecule has 0 bridgehead atoms. The fraction of sp³-hybridized carbons (Fsp3) is 0.579. The molecule has 0 unspecified atom stereocenters. The van der Waals surface area contributed by atoms with Crippen LogP contribution in [0.25, 0.3) is 11.1 Å². The maximum atomic E-state index is 14.7. The van der Waals surface area contributed by atoms with Crippen molar-refractivity contribution in [1.82, 2.24) is 4.90 Å². The highest BCUT2D eigenvalue weighted by atomic mass is 19.1. The molecule has 2 aromatic carbocycles. The monoisotopic (exact) mass is 705 g/mol. The molecule has 0 radical (unpaired) electrons. The van der Waals surface area contributed by atoms with Crippen LogP contribution < -0.4 is 9.47 Å². The lowest BCUT2D eigenvalue weighted by Crippen LogP contribution is -2.34. The molecule has 2 aromatic rings. The van der Waals surface area contributed by atoms with E-state index in [9.17, 15) is 18.4 Å². The van der Waals surface area contributed by atoms with Gasteiger partial charge in [0.25, 0.3) is 0 Å². The molecular formula is C38H53F2NO9. The van der Waals surface area contributed by atoms with E-state index in [1.807, 2.05) is 0 Å². The zero-order valence-electron chi connectivity index (χ0n) is 29.2. The number of carbonyl (C=O) groups excluding carboxylic acids is 2. The molecule has 1 aliphatic rings. The SMILES string of the molecule is C=CC(=O)OCCCCCCOc1c(F)cc(-c2ccc(OCCCCCCOC(=O)CCN3CCOCCOCCOCC3)cc2)cc1F. The van der Waals surface area contributed by atoms with Gasteiger partial charge in [-0.05, 0) is 86.8 Å². The summed E-state index contributed by atoms with van der Waals surface area (Å²) in [7, 11) is 0. The highest BCUT2D eigenvalue weighted by Gasteiger charge is 2.14. The van der Waals surface area contributed by atoms with Crippen LogP contribution in [-0.4, -0.2) is 103 Å². The van der Waals surface area contributed by atoms with Crippen molar-refractivity contribution < 1.29 is 51.5 Å². The van der Waals surface area contributed by atoms with Gasteiger partial charge in [0.15, 0.2) is 17.4 Å². The van der Waals surface area contributed by atoms with Crippen LogP contribution in [0.4, 0.5) is 8.78 Å². The van der Waals surface area contributed by atoms with Crippen molar-refractivity contribution >= 4 is 11.9 Å². The van der Waals surface area contributed by atoms with Crippen LogP contribution in [0.5, 0.6) is 11.5 Å². The lowest BCUT2D eigenvalue weighted by molar-refractivity contribution is -0.144. The molecule has 0 amide bonds. The second-order valence-electron chi connectivity index (χ2n) is 11.8. The maximum Gasteiger partial charge on any atom is 0.330 e. The van der Waals surface area contributed by atoms with Crippen molar-refractivity contribution in [3.63, 3.8) is 0 Å². The molecule has 1 heterocycles. The molecule has 1 fully saturated rings. The van der Waals surface area contributed by atoms with E-state index in [1.54, 1.807) is 24.3 Å². The zero-order valence-corrected chi connectivity index (χ0v) is 29.2. The van der Waals surface area contributed by atoms with E-state index in [0.29, 0.717) is 102 Å². The minimum Gasteiger partial charge on any atom is -0.494 e. The molecule has 278 valence electrons. The molecule has 1 saturated heterocycles. The molecule has 12 heteroatoms. The van der Waals surface area contributed by atoms with E-state index in [-0.39, 0.29) is 18.3 Å². The number of rotatable bonds is 21. The summed E-state index contributed by atoms with van der Waals surface area (Å²) in [5.41, 5.74) is 1.06. The fourth-order valence-electron chi connectivity index (χ4n) is 5.09. The van der Waals surface area contributed by atoms with Gasteiger partial charge >= 0.3 is 11.9 Å². The summed E-state index contributed by atoms with van der Waals surface area (Å²) in [6.07, 6.45) is 7.87. The topological polar surface area (TPSA) is 102 Å². The first-order chi connectivity index (χ1) is 24.5. The molecule has 0 spiro atoms. The number of esters is 2. The van der Waals surface area contributed by atoms with E-state index in [0.717, 1.165) is 57.7 Å². The molecule has 10 nitrogen and oxygen atoms in total. The minimum atomic E-state index is -0.756. The first-order valence-electron chi connectivity index (χ1n) is 17.7. The Morgan fingerprint density at radius 1 is 0.680 bits per heavy atom. The van der Waals surface area contributed by atoms with Crippen LogP contribution in [0.3, 0.4) is 0 Å². The molecule has 50 heavy (non-hydrogen) atoms. The van der Waals surface area contributed by atoms with E-state index in [4.69, 9.17) is 33.2 Å². The van der Waals surface area contributed by atoms with Crippen LogP contribution >= 0.6 is 0 Å². The van der Waals surface area contributed by atoms with Gasteiger partial charge < -0.3 is 33.2 Å². The van der Waals surface area contributed by atoms with Gasteiger partial charge in [-0.2, -0.15) is 0 Å². The van der Waals surface area contributed by atoms with Gasteiger partial charge in [0.1, 0.15) is 5.75 Å². The average Bonchev–Trinajstić information content (AvgIpc) is 3.11. The van der Waals surface area contributed by atoms with Crippen molar-refractivity contribution in [2.24, 2.45) is 0 Å². The molecular weight excluding hydrogens is 652 g/mol. The highest BCUT2D eigenvalue weighted by Crippen LogP contribution is 2.30. The number of unbranched alkanes of at least 4 members (excludes halogenated alkanes) is 6. The van der Waals surface area contributed by atoms with Crippen LogP contribution in [-0.2, 0) is 33.3 Å². The molecule has 0 aromatic heterocycles. The number of hydrogen-bond acceptors (Lipinski definition) is 10. The zero-order chi connectivity index (χ0) is 35.7. The van der Waals surface area contributed by atoms with E-state index >= 15 is 0 Å². The van der Waals surface area contributed by atoms with Gasteiger partial charge in [0, 0.05) is 25.7 Å². The summed E-state index contributed by atoms with van der Waals surface area (Å²) in [6, 6.07) is 9.62. The summed E-state index contributed by atoms with van der Waals surface area (Å²) in [4.78, 5) is 25.4. The molecule has 0 atom stereocenters. The van der Waals surface area contributed by atoms with Gasteiger partial charge in [-0.1, -0.05) is 18.7 Å². The van der Waals surface area contributed by atoms with E-state index < -0.39 is 17.6 Å². The smallest absolute Gasteiger partial charge is 0.330 e. The van der Waals surface area contributed by atoms with Crippen LogP contribution in [0, 0.1) is 11.6 Å². The van der Waals surface area contributed by atoms with E-state index in [1.165, 1.54) is 12.1 Å². The Balaban J connectivity index is 1.24. The highest BCUT2D eigenvalue weighted by molar-refractivity contribution is 5.81. The molecule has 0 saturated carbocycles. The molecule has 0 N–H and O–H groups in total. The summed E-state index contributed by atoms with van der Waals surface area (Å²) in [5.74, 6) is -1.87. The lowest BCUT2D eigenvalue weighted by atomic mass is 10.0. The quantitative estimate of drug-likeness (QED) is 0.0809. The summed E-state index contributed by atoms with van der Waals surface area (Å²) < 4.78 is 67.5. The Morgan fingerprint density at radius 3 is 1.78 bits per heavy atom. The van der Waals surface area contributed by atoms with E-state index in [2.05, 4.69) is 11.5 Å². The van der Waals surface area contributed by atoms with Gasteiger partial charge in [-0.25, -0.2) is 13.6 Å². The predicted octanol–water partition coefficient (Wildman–Crippen LogP) is 6.54. The number of hydrogen-bond donors (Lipinski definition) is 0. The third kappa shape index (κ3) is 17.4. The largest absolute Gasteiger partial charge is 0.494 e. The predicted molar refractivity (Wildman–Crippen MR) is 185 cm³/mol. The summed E-state index contributed by atoms with van der Waals surface area (Å²) in [6.45, 7) is 10.3. The Hall–Kier alpha value is -3.58. The normalized spacial score (nSPS) is 14.6. The first kappa shape index (κ1) is 40.8. The Kier molecular flexibility index (Phi) is 20.7. The van der Waals surface area contributed by atoms with Crippen LogP contribution in [0.1, 0.15) is 57.8 Å². The van der Waals surface area contributed by atoms with Gasteiger partial charge in [-0.15, -0.1) is 0 Å². The Bertz CT molecular complexity index is 1230. The fourth-order valence-corrected chi connectivity index (χ4v) is 5.09. The third-order valence-electron chi connectivity index (χ3n) is 7.93. The summed E-state index contributed by atoms with van der Waals surface area (Å²) in [5, 5.41) is 0. The lowest BCUT2D eigenvalue weighted by Gasteiger charge is -2.22. The Labute approximate surface area is 294 Å². The number of benzene rings is 2. The van der Waals surface area contributed by atoms with Crippen molar-refractivity contribution in [3.05, 3.63) is 60.7 Å². The maximum absolute atomic E-state index is 14.7. The van der Waals surface area contributed by atoms with Gasteiger partial charge in [0.2, 0.25) is 0 Å². The number of carbonyl (C=O) groups is 2. The first-order valence-corrected chi connectivity index (χ1v) is 17.7. The van der Waals surface area contributed by atoms with Crippen LogP contribution in [0.15, 0.2) is 49.1 Å². The van der Waals surface area contributed by atoms with Crippen molar-refractivity contribution in [3.8, 4) is 22.6 Å². The average molecular weight is 706 g/mol.